The number of likely N-dealkylation sites (tertiary alicyclic amines) is 1. The van der Waals surface area contributed by atoms with Gasteiger partial charge in [0, 0.05) is 23.2 Å². The standard InChI is InChI=1S/C14H22N2/c1-12-8-9-16(11-14(12)15-2)10-13-6-4-3-5-7-13/h3-7,12,14-15H,8-11H2,1-2H3/i11D2,14D. The minimum absolute atomic E-state index is 0.0143. The Morgan fingerprint density at radius 3 is 2.94 bits per heavy atom. The Labute approximate surface area is 103 Å². The predicted octanol–water partition coefficient (Wildman–Crippen LogP) is 2.12. The van der Waals surface area contributed by atoms with E-state index in [0.717, 1.165) is 12.0 Å². The lowest BCUT2D eigenvalue weighted by Crippen LogP contribution is -2.48. The van der Waals surface area contributed by atoms with Crippen molar-refractivity contribution in [3.05, 3.63) is 35.9 Å². The average molecular weight is 221 g/mol. The molecule has 2 nitrogen and oxygen atoms in total. The number of piperidine rings is 1. The molecule has 1 fully saturated rings. The van der Waals surface area contributed by atoms with Gasteiger partial charge in [-0.2, -0.15) is 0 Å². The van der Waals surface area contributed by atoms with Crippen molar-refractivity contribution in [1.29, 1.82) is 0 Å². The van der Waals surface area contributed by atoms with Crippen LogP contribution in [0.5, 0.6) is 0 Å². The van der Waals surface area contributed by atoms with Gasteiger partial charge in [-0.15, -0.1) is 0 Å². The second-order valence-electron chi connectivity index (χ2n) is 4.37. The van der Waals surface area contributed by atoms with E-state index in [-0.39, 0.29) is 5.92 Å². The summed E-state index contributed by atoms with van der Waals surface area (Å²) in [5.41, 5.74) is 1.08. The highest BCUT2D eigenvalue weighted by Gasteiger charge is 2.24. The van der Waals surface area contributed by atoms with Crippen molar-refractivity contribution in [2.24, 2.45) is 5.92 Å². The molecular formula is C14H22N2. The maximum atomic E-state index is 8.45. The van der Waals surface area contributed by atoms with Crippen LogP contribution in [0.2, 0.25) is 0 Å². The van der Waals surface area contributed by atoms with Crippen LogP contribution in [0.1, 0.15) is 23.0 Å². The molecule has 1 aromatic carbocycles. The number of hydrogen-bond acceptors (Lipinski definition) is 2. The molecule has 2 heteroatoms. The molecule has 0 bridgehead atoms. The van der Waals surface area contributed by atoms with Gasteiger partial charge in [0.2, 0.25) is 0 Å². The van der Waals surface area contributed by atoms with Gasteiger partial charge in [-0.3, -0.25) is 4.90 Å². The zero-order chi connectivity index (χ0) is 14.1. The maximum absolute atomic E-state index is 8.45. The van der Waals surface area contributed by atoms with Crippen LogP contribution in [0, 0.1) is 5.92 Å². The average Bonchev–Trinajstić information content (AvgIpc) is 2.41. The Hall–Kier alpha value is -0.860. The minimum Gasteiger partial charge on any atom is -0.315 e. The van der Waals surface area contributed by atoms with E-state index in [1.165, 1.54) is 0 Å². The van der Waals surface area contributed by atoms with E-state index < -0.39 is 12.5 Å². The number of nitrogens with zero attached hydrogens (tertiary/aromatic N) is 1. The van der Waals surface area contributed by atoms with Gasteiger partial charge >= 0.3 is 0 Å². The SMILES string of the molecule is [2H]C1(NC)C(C)CCN(Cc2ccccc2)C1([2H])[2H]. The third-order valence-corrected chi connectivity index (χ3v) is 3.09. The summed E-state index contributed by atoms with van der Waals surface area (Å²) in [6, 6.07) is 8.62. The topological polar surface area (TPSA) is 15.3 Å². The normalized spacial score (nSPS) is 37.4. The van der Waals surface area contributed by atoms with Crippen molar-refractivity contribution < 1.29 is 4.11 Å². The highest BCUT2D eigenvalue weighted by Crippen LogP contribution is 2.18. The molecule has 0 radical (unpaired) electrons. The minimum atomic E-state index is -1.69. The summed E-state index contributed by atoms with van der Waals surface area (Å²) in [6.07, 6.45) is 0.830. The van der Waals surface area contributed by atoms with Crippen molar-refractivity contribution >= 4 is 0 Å². The predicted molar refractivity (Wildman–Crippen MR) is 68.3 cm³/mol. The molecule has 2 unspecified atom stereocenters. The lowest BCUT2D eigenvalue weighted by atomic mass is 9.93. The van der Waals surface area contributed by atoms with E-state index in [4.69, 9.17) is 4.11 Å². The molecule has 2 rings (SSSR count). The van der Waals surface area contributed by atoms with Crippen LogP contribution in [0.25, 0.3) is 0 Å². The first-order valence-electron chi connectivity index (χ1n) is 7.39. The van der Waals surface area contributed by atoms with E-state index in [0.29, 0.717) is 13.1 Å². The number of likely N-dealkylation sites (N-methyl/N-ethyl adjacent to an activating group) is 1. The molecule has 16 heavy (non-hydrogen) atoms. The van der Waals surface area contributed by atoms with Gasteiger partial charge in [0.05, 0.1) is 0 Å². The molecule has 1 aliphatic heterocycles. The first kappa shape index (κ1) is 8.26. The third-order valence-electron chi connectivity index (χ3n) is 3.09. The molecule has 1 saturated heterocycles. The van der Waals surface area contributed by atoms with Crippen LogP contribution < -0.4 is 5.32 Å². The van der Waals surface area contributed by atoms with Crippen LogP contribution in [0.3, 0.4) is 0 Å². The van der Waals surface area contributed by atoms with Crippen molar-refractivity contribution in [2.75, 3.05) is 20.1 Å². The molecule has 0 aliphatic carbocycles. The van der Waals surface area contributed by atoms with E-state index in [1.54, 1.807) is 11.9 Å². The van der Waals surface area contributed by atoms with Gasteiger partial charge in [-0.25, -0.2) is 0 Å². The van der Waals surface area contributed by atoms with Crippen LogP contribution >= 0.6 is 0 Å². The summed E-state index contributed by atoms with van der Waals surface area (Å²) in [7, 11) is 1.67. The van der Waals surface area contributed by atoms with Gasteiger partial charge in [0.15, 0.2) is 0 Å². The number of hydrogen-bond donors (Lipinski definition) is 1. The number of nitrogens with one attached hydrogen (secondary N) is 1. The van der Waals surface area contributed by atoms with Crippen LogP contribution in [0.4, 0.5) is 0 Å². The molecule has 2 atom stereocenters. The molecule has 0 amide bonds. The maximum Gasteiger partial charge on any atom is 0.0481 e. The molecule has 0 saturated carbocycles. The summed E-state index contributed by atoms with van der Waals surface area (Å²) < 4.78 is 25.2. The molecule has 0 spiro atoms. The second kappa shape index (κ2) is 5.46. The molecular weight excluding hydrogens is 196 g/mol. The summed E-state index contributed by atoms with van der Waals surface area (Å²) >= 11 is 0. The molecule has 1 aliphatic rings. The van der Waals surface area contributed by atoms with Crippen molar-refractivity contribution in [3.63, 3.8) is 0 Å². The molecule has 1 heterocycles. The second-order valence-corrected chi connectivity index (χ2v) is 4.37. The zero-order valence-corrected chi connectivity index (χ0v) is 10.0. The van der Waals surface area contributed by atoms with E-state index in [1.807, 2.05) is 37.3 Å². The fourth-order valence-electron chi connectivity index (χ4n) is 2.05. The monoisotopic (exact) mass is 221 g/mol. The Balaban J connectivity index is 2.22. The molecule has 0 aromatic heterocycles. The smallest absolute Gasteiger partial charge is 0.0481 e. The molecule has 1 N–H and O–H groups in total. The van der Waals surface area contributed by atoms with Gasteiger partial charge in [-0.1, -0.05) is 37.3 Å². The van der Waals surface area contributed by atoms with Crippen molar-refractivity contribution in [3.8, 4) is 0 Å². The van der Waals surface area contributed by atoms with E-state index in [2.05, 4.69) is 5.32 Å². The Morgan fingerprint density at radius 2 is 2.25 bits per heavy atom. The zero-order valence-electron chi connectivity index (χ0n) is 13.0. The summed E-state index contributed by atoms with van der Waals surface area (Å²) in [4.78, 5) is 1.77. The first-order valence-corrected chi connectivity index (χ1v) is 5.89. The Kier molecular flexibility index (Phi) is 2.82. The van der Waals surface area contributed by atoms with Crippen LogP contribution in [0.15, 0.2) is 30.3 Å². The van der Waals surface area contributed by atoms with Gasteiger partial charge < -0.3 is 5.32 Å². The number of rotatable bonds is 3. The van der Waals surface area contributed by atoms with Crippen molar-refractivity contribution in [1.82, 2.24) is 10.2 Å². The third kappa shape index (κ3) is 2.83. The molecule has 1 aromatic rings. The Morgan fingerprint density at radius 1 is 1.50 bits per heavy atom. The largest absolute Gasteiger partial charge is 0.315 e. The van der Waals surface area contributed by atoms with Gasteiger partial charge in [-0.05, 0) is 31.5 Å². The fourth-order valence-corrected chi connectivity index (χ4v) is 2.05. The summed E-state index contributed by atoms with van der Waals surface area (Å²) in [5.74, 6) is -0.0143. The number of benzene rings is 1. The van der Waals surface area contributed by atoms with Crippen molar-refractivity contribution in [2.45, 2.75) is 25.9 Å². The van der Waals surface area contributed by atoms with Gasteiger partial charge in [0.1, 0.15) is 0 Å². The highest BCUT2D eigenvalue weighted by molar-refractivity contribution is 5.14. The summed E-state index contributed by atoms with van der Waals surface area (Å²) in [5, 5.41) is 2.89. The van der Waals surface area contributed by atoms with Crippen LogP contribution in [-0.4, -0.2) is 31.0 Å². The van der Waals surface area contributed by atoms with E-state index in [9.17, 15) is 0 Å². The lowest BCUT2D eigenvalue weighted by Gasteiger charge is -2.37. The Bertz CT molecular complexity index is 424. The van der Waals surface area contributed by atoms with Gasteiger partial charge in [0.25, 0.3) is 0 Å². The lowest BCUT2D eigenvalue weighted by molar-refractivity contribution is 0.147. The summed E-state index contributed by atoms with van der Waals surface area (Å²) in [6.45, 7) is 1.49. The fraction of sp³-hybridized carbons (Fsp3) is 0.571. The van der Waals surface area contributed by atoms with Crippen LogP contribution in [-0.2, 0) is 6.54 Å². The highest BCUT2D eigenvalue weighted by atomic mass is 15.2. The van der Waals surface area contributed by atoms with E-state index >= 15 is 0 Å². The quantitative estimate of drug-likeness (QED) is 0.841. The first-order chi connectivity index (χ1) is 8.91. The molecule has 88 valence electrons.